The predicted molar refractivity (Wildman–Crippen MR) is 80.9 cm³/mol. The van der Waals surface area contributed by atoms with Gasteiger partial charge in [0.2, 0.25) is 5.91 Å². The summed E-state index contributed by atoms with van der Waals surface area (Å²) in [7, 11) is 0. The number of benzene rings is 1. The molecule has 0 radical (unpaired) electrons. The largest absolute Gasteiger partial charge is 0.345 e. The van der Waals surface area contributed by atoms with Crippen LogP contribution in [0.2, 0.25) is 0 Å². The second kappa shape index (κ2) is 6.24. The number of H-pyrrole nitrogens is 1. The van der Waals surface area contributed by atoms with E-state index in [2.05, 4.69) is 20.6 Å². The molecule has 1 aromatic carbocycles. The van der Waals surface area contributed by atoms with Gasteiger partial charge in [0, 0.05) is 0 Å². The molecule has 3 rings (SSSR count). The van der Waals surface area contributed by atoms with Crippen LogP contribution in [-0.4, -0.2) is 28.5 Å². The number of hydrogen-bond donors (Lipinski definition) is 3. The van der Waals surface area contributed by atoms with Crippen LogP contribution in [0.5, 0.6) is 0 Å². The highest BCUT2D eigenvalue weighted by molar-refractivity contribution is 5.85. The van der Waals surface area contributed by atoms with Crippen LogP contribution in [0.4, 0.5) is 0 Å². The van der Waals surface area contributed by atoms with Gasteiger partial charge in [-0.2, -0.15) is 0 Å². The second-order valence-corrected chi connectivity index (χ2v) is 5.02. The number of nitrogens with one attached hydrogen (secondary N) is 3. The number of imidazole rings is 1. The summed E-state index contributed by atoms with van der Waals surface area (Å²) in [5.41, 5.74) is 1.93. The monoisotopic (exact) mass is 294 g/mol. The Kier molecular flexibility index (Phi) is 4.62. The van der Waals surface area contributed by atoms with Gasteiger partial charge in [-0.15, -0.1) is 12.4 Å². The lowest BCUT2D eigenvalue weighted by Crippen LogP contribution is -2.41. The predicted octanol–water partition coefficient (Wildman–Crippen LogP) is 1.91. The van der Waals surface area contributed by atoms with E-state index in [4.69, 9.17) is 0 Å². The average molecular weight is 295 g/mol. The zero-order valence-electron chi connectivity index (χ0n) is 11.3. The number of carbonyl (C=O) groups excluding carboxylic acids is 1. The van der Waals surface area contributed by atoms with Crippen LogP contribution >= 0.6 is 12.4 Å². The van der Waals surface area contributed by atoms with Gasteiger partial charge < -0.3 is 15.6 Å². The van der Waals surface area contributed by atoms with E-state index in [1.165, 1.54) is 0 Å². The third-order valence-electron chi connectivity index (χ3n) is 3.55. The van der Waals surface area contributed by atoms with Gasteiger partial charge in [-0.3, -0.25) is 4.79 Å². The van der Waals surface area contributed by atoms with Crippen molar-refractivity contribution in [1.29, 1.82) is 0 Å². The Bertz CT molecular complexity index is 559. The fourth-order valence-corrected chi connectivity index (χ4v) is 2.47. The average Bonchev–Trinajstić information content (AvgIpc) is 3.07. The van der Waals surface area contributed by atoms with Crippen molar-refractivity contribution in [3.05, 3.63) is 30.1 Å². The Labute approximate surface area is 124 Å². The molecular weight excluding hydrogens is 276 g/mol. The first-order valence-corrected chi connectivity index (χ1v) is 6.72. The minimum absolute atomic E-state index is 0. The summed E-state index contributed by atoms with van der Waals surface area (Å²) in [6.45, 7) is 2.88. The molecule has 0 saturated carbocycles. The van der Waals surface area contributed by atoms with Gasteiger partial charge in [0.15, 0.2) is 0 Å². The van der Waals surface area contributed by atoms with Gasteiger partial charge in [0.05, 0.1) is 23.1 Å². The molecule has 1 unspecified atom stereocenters. The molecule has 2 heterocycles. The highest BCUT2D eigenvalue weighted by Crippen LogP contribution is 2.16. The molecule has 3 N–H and O–H groups in total. The van der Waals surface area contributed by atoms with Crippen molar-refractivity contribution in [2.45, 2.75) is 31.8 Å². The van der Waals surface area contributed by atoms with Crippen LogP contribution < -0.4 is 10.6 Å². The van der Waals surface area contributed by atoms with Gasteiger partial charge >= 0.3 is 0 Å². The third-order valence-corrected chi connectivity index (χ3v) is 3.55. The second-order valence-electron chi connectivity index (χ2n) is 5.02. The zero-order chi connectivity index (χ0) is 13.2. The number of rotatable bonds is 3. The van der Waals surface area contributed by atoms with E-state index >= 15 is 0 Å². The van der Waals surface area contributed by atoms with Gasteiger partial charge in [0.25, 0.3) is 0 Å². The van der Waals surface area contributed by atoms with E-state index in [0.717, 1.165) is 36.2 Å². The molecule has 1 aliphatic rings. The summed E-state index contributed by atoms with van der Waals surface area (Å²) >= 11 is 0. The summed E-state index contributed by atoms with van der Waals surface area (Å²) in [5, 5.41) is 6.20. The SMILES string of the molecule is C[C@H](NC(=O)C1CCCN1)c1nc2ccccc2[nH]1.Cl. The third kappa shape index (κ3) is 2.94. The normalized spacial score (nSPS) is 19.6. The van der Waals surface area contributed by atoms with E-state index in [-0.39, 0.29) is 30.4 Å². The molecule has 1 aliphatic heterocycles. The minimum atomic E-state index is -0.109. The fourth-order valence-electron chi connectivity index (χ4n) is 2.47. The molecule has 6 heteroatoms. The maximum Gasteiger partial charge on any atom is 0.237 e. The lowest BCUT2D eigenvalue weighted by atomic mass is 10.2. The number of fused-ring (bicyclic) bond motifs is 1. The van der Waals surface area contributed by atoms with Gasteiger partial charge in [-0.05, 0) is 38.4 Å². The number of hydrogen-bond acceptors (Lipinski definition) is 3. The van der Waals surface area contributed by atoms with E-state index in [0.29, 0.717) is 0 Å². The summed E-state index contributed by atoms with van der Waals surface area (Å²) in [4.78, 5) is 19.8. The molecular formula is C14H19ClN4O. The molecule has 1 fully saturated rings. The van der Waals surface area contributed by atoms with E-state index in [9.17, 15) is 4.79 Å². The lowest BCUT2D eigenvalue weighted by molar-refractivity contribution is -0.123. The number of halogens is 1. The topological polar surface area (TPSA) is 69.8 Å². The van der Waals surface area contributed by atoms with Crippen LogP contribution in [0.15, 0.2) is 24.3 Å². The zero-order valence-corrected chi connectivity index (χ0v) is 12.2. The van der Waals surface area contributed by atoms with Crippen molar-refractivity contribution >= 4 is 29.3 Å². The quantitative estimate of drug-likeness (QED) is 0.810. The Morgan fingerprint density at radius 3 is 2.95 bits per heavy atom. The fraction of sp³-hybridized carbons (Fsp3) is 0.429. The van der Waals surface area contributed by atoms with Gasteiger partial charge in [0.1, 0.15) is 5.82 Å². The molecule has 0 bridgehead atoms. The molecule has 2 aromatic rings. The van der Waals surface area contributed by atoms with Crippen molar-refractivity contribution in [3.63, 3.8) is 0 Å². The van der Waals surface area contributed by atoms with Crippen LogP contribution in [0.1, 0.15) is 31.6 Å². The Balaban J connectivity index is 0.00000147. The molecule has 1 saturated heterocycles. The molecule has 2 atom stereocenters. The first-order valence-electron chi connectivity index (χ1n) is 6.72. The van der Waals surface area contributed by atoms with Crippen LogP contribution in [-0.2, 0) is 4.79 Å². The number of aromatic nitrogens is 2. The van der Waals surface area contributed by atoms with E-state index in [1.54, 1.807) is 0 Å². The standard InChI is InChI=1S/C14H18N4O.ClH/c1-9(16-14(19)12-7-4-8-15-12)13-17-10-5-2-3-6-11(10)18-13;/h2-3,5-6,9,12,15H,4,7-8H2,1H3,(H,16,19)(H,17,18);1H/t9-,12?;/m0./s1. The van der Waals surface area contributed by atoms with Crippen LogP contribution in [0, 0.1) is 0 Å². The lowest BCUT2D eigenvalue weighted by Gasteiger charge is -2.15. The highest BCUT2D eigenvalue weighted by Gasteiger charge is 2.24. The molecule has 0 spiro atoms. The summed E-state index contributed by atoms with van der Waals surface area (Å²) in [6, 6.07) is 7.71. The molecule has 0 aliphatic carbocycles. The maximum absolute atomic E-state index is 12.0. The summed E-state index contributed by atoms with van der Waals surface area (Å²) < 4.78 is 0. The van der Waals surface area contributed by atoms with E-state index in [1.807, 2.05) is 31.2 Å². The molecule has 1 amide bonds. The summed E-state index contributed by atoms with van der Waals surface area (Å²) in [5.74, 6) is 0.859. The van der Waals surface area contributed by atoms with Gasteiger partial charge in [-0.1, -0.05) is 12.1 Å². The number of carbonyl (C=O) groups is 1. The smallest absolute Gasteiger partial charge is 0.237 e. The first-order chi connectivity index (χ1) is 9.24. The number of para-hydroxylation sites is 2. The molecule has 1 aromatic heterocycles. The van der Waals surface area contributed by atoms with Crippen LogP contribution in [0.3, 0.4) is 0 Å². The van der Waals surface area contributed by atoms with Crippen molar-refractivity contribution in [3.8, 4) is 0 Å². The minimum Gasteiger partial charge on any atom is -0.345 e. The maximum atomic E-state index is 12.0. The van der Waals surface area contributed by atoms with Crippen LogP contribution in [0.25, 0.3) is 11.0 Å². The molecule has 20 heavy (non-hydrogen) atoms. The Hall–Kier alpha value is -1.59. The first kappa shape index (κ1) is 14.8. The number of nitrogens with zero attached hydrogens (tertiary/aromatic N) is 1. The number of aromatic amines is 1. The van der Waals surface area contributed by atoms with Crippen molar-refractivity contribution < 1.29 is 4.79 Å². The Morgan fingerprint density at radius 1 is 1.45 bits per heavy atom. The van der Waals surface area contributed by atoms with Gasteiger partial charge in [-0.25, -0.2) is 4.98 Å². The molecule has 5 nitrogen and oxygen atoms in total. The Morgan fingerprint density at radius 2 is 2.25 bits per heavy atom. The van der Waals surface area contributed by atoms with E-state index < -0.39 is 0 Å². The van der Waals surface area contributed by atoms with Crippen molar-refractivity contribution in [1.82, 2.24) is 20.6 Å². The molecule has 108 valence electrons. The van der Waals surface area contributed by atoms with Crippen molar-refractivity contribution in [2.75, 3.05) is 6.54 Å². The summed E-state index contributed by atoms with van der Waals surface area (Å²) in [6.07, 6.45) is 1.98. The highest BCUT2D eigenvalue weighted by atomic mass is 35.5. The van der Waals surface area contributed by atoms with Crippen molar-refractivity contribution in [2.24, 2.45) is 0 Å². The number of amides is 1.